The maximum atomic E-state index is 12.9. The molecule has 0 radical (unpaired) electrons. The Morgan fingerprint density at radius 1 is 1.29 bits per heavy atom. The summed E-state index contributed by atoms with van der Waals surface area (Å²) in [6.45, 7) is 3.61. The Balaban J connectivity index is 1.61. The molecule has 1 atom stereocenters. The van der Waals surface area contributed by atoms with Crippen LogP contribution in [0.5, 0.6) is 0 Å². The molecule has 5 heteroatoms. The summed E-state index contributed by atoms with van der Waals surface area (Å²) in [6, 6.07) is 8.33. The molecule has 5 nitrogen and oxygen atoms in total. The van der Waals surface area contributed by atoms with Crippen LogP contribution in [-0.2, 0) is 6.54 Å². The molecular formula is C19H22N4O. The van der Waals surface area contributed by atoms with Crippen LogP contribution < -0.4 is 5.32 Å². The molecule has 0 saturated heterocycles. The fourth-order valence-corrected chi connectivity index (χ4v) is 3.47. The second-order valence-corrected chi connectivity index (χ2v) is 6.91. The normalized spacial score (nSPS) is 20.5. The van der Waals surface area contributed by atoms with Crippen LogP contribution in [0.4, 0.5) is 0 Å². The first-order chi connectivity index (χ1) is 11.6. The average molecular weight is 322 g/mol. The molecular weight excluding hydrogens is 300 g/mol. The summed E-state index contributed by atoms with van der Waals surface area (Å²) in [6.07, 6.45) is 3.92. The monoisotopic (exact) mass is 322 g/mol. The first-order valence-corrected chi connectivity index (χ1v) is 8.52. The zero-order valence-corrected chi connectivity index (χ0v) is 14.1. The van der Waals surface area contributed by atoms with Crippen molar-refractivity contribution in [2.45, 2.75) is 38.3 Å². The number of aryl methyl sites for hydroxylation is 1. The van der Waals surface area contributed by atoms with E-state index in [4.69, 9.17) is 0 Å². The Morgan fingerprint density at radius 2 is 2.08 bits per heavy atom. The number of aromatic nitrogens is 2. The molecule has 0 spiro atoms. The Hall–Kier alpha value is -2.27. The van der Waals surface area contributed by atoms with Gasteiger partial charge in [-0.3, -0.25) is 9.69 Å². The van der Waals surface area contributed by atoms with Crippen LogP contribution in [0.1, 0.15) is 57.8 Å². The first kappa shape index (κ1) is 15.3. The number of benzene rings is 1. The summed E-state index contributed by atoms with van der Waals surface area (Å²) < 4.78 is 0. The number of amides is 1. The second-order valence-electron chi connectivity index (χ2n) is 6.91. The van der Waals surface area contributed by atoms with Crippen molar-refractivity contribution < 1.29 is 4.79 Å². The van der Waals surface area contributed by atoms with Crippen LogP contribution in [0.15, 0.2) is 30.5 Å². The number of hydrogen-bond acceptors (Lipinski definition) is 4. The molecule has 1 unspecified atom stereocenters. The quantitative estimate of drug-likeness (QED) is 0.943. The lowest BCUT2D eigenvalue weighted by Gasteiger charge is -2.32. The highest BCUT2D eigenvalue weighted by Gasteiger charge is 2.31. The van der Waals surface area contributed by atoms with Crippen molar-refractivity contribution in [2.24, 2.45) is 0 Å². The Morgan fingerprint density at radius 3 is 2.88 bits per heavy atom. The van der Waals surface area contributed by atoms with E-state index in [9.17, 15) is 4.79 Å². The van der Waals surface area contributed by atoms with Crippen LogP contribution in [0.2, 0.25) is 0 Å². The standard InChI is InChI=1S/C19H22N4O/c1-12-20-9-16(18(21-12)13-7-8-13)19(24)22-17-11-23(2)10-14-5-3-4-6-15(14)17/h3-6,9,13,17H,7-8,10-11H2,1-2H3,(H,22,24). The molecule has 1 aromatic carbocycles. The minimum Gasteiger partial charge on any atom is -0.344 e. The third-order valence-corrected chi connectivity index (χ3v) is 4.82. The molecule has 0 bridgehead atoms. The minimum absolute atomic E-state index is 0.000746. The van der Waals surface area contributed by atoms with Crippen molar-refractivity contribution in [1.82, 2.24) is 20.2 Å². The molecule has 24 heavy (non-hydrogen) atoms. The summed E-state index contributed by atoms with van der Waals surface area (Å²) in [4.78, 5) is 23.9. The van der Waals surface area contributed by atoms with Gasteiger partial charge in [0.25, 0.3) is 5.91 Å². The van der Waals surface area contributed by atoms with Crippen molar-refractivity contribution in [1.29, 1.82) is 0 Å². The van der Waals surface area contributed by atoms with Gasteiger partial charge in [-0.05, 0) is 37.9 Å². The molecule has 1 N–H and O–H groups in total. The zero-order chi connectivity index (χ0) is 16.7. The van der Waals surface area contributed by atoms with Crippen molar-refractivity contribution in [3.8, 4) is 0 Å². The van der Waals surface area contributed by atoms with Crippen molar-refractivity contribution >= 4 is 5.91 Å². The topological polar surface area (TPSA) is 58.1 Å². The molecule has 1 aromatic heterocycles. The Bertz CT molecular complexity index is 785. The first-order valence-electron chi connectivity index (χ1n) is 8.52. The number of hydrogen-bond donors (Lipinski definition) is 1. The predicted molar refractivity (Wildman–Crippen MR) is 91.7 cm³/mol. The van der Waals surface area contributed by atoms with Gasteiger partial charge >= 0.3 is 0 Å². The number of nitrogens with zero attached hydrogens (tertiary/aromatic N) is 3. The van der Waals surface area contributed by atoms with Crippen LogP contribution >= 0.6 is 0 Å². The molecule has 124 valence electrons. The zero-order valence-electron chi connectivity index (χ0n) is 14.1. The second kappa shape index (κ2) is 5.98. The third-order valence-electron chi connectivity index (χ3n) is 4.82. The van der Waals surface area contributed by atoms with E-state index in [1.54, 1.807) is 6.20 Å². The summed E-state index contributed by atoms with van der Waals surface area (Å²) in [7, 11) is 2.08. The van der Waals surface area contributed by atoms with E-state index in [1.165, 1.54) is 11.1 Å². The lowest BCUT2D eigenvalue weighted by atomic mass is 9.95. The molecule has 1 amide bonds. The van der Waals surface area contributed by atoms with E-state index in [0.29, 0.717) is 11.5 Å². The van der Waals surface area contributed by atoms with Gasteiger partial charge in [0.2, 0.25) is 0 Å². The SMILES string of the molecule is Cc1ncc(C(=O)NC2CN(C)Cc3ccccc32)c(C2CC2)n1. The lowest BCUT2D eigenvalue weighted by molar-refractivity contribution is 0.0920. The van der Waals surface area contributed by atoms with E-state index in [0.717, 1.165) is 37.4 Å². The van der Waals surface area contributed by atoms with Gasteiger partial charge in [0.1, 0.15) is 5.82 Å². The van der Waals surface area contributed by atoms with Gasteiger partial charge in [0.15, 0.2) is 0 Å². The minimum atomic E-state index is -0.0630. The number of fused-ring (bicyclic) bond motifs is 1. The van der Waals surface area contributed by atoms with Gasteiger partial charge in [-0.1, -0.05) is 24.3 Å². The van der Waals surface area contributed by atoms with Crippen LogP contribution in [-0.4, -0.2) is 34.4 Å². The molecule has 1 aliphatic carbocycles. The van der Waals surface area contributed by atoms with Crippen molar-refractivity contribution in [2.75, 3.05) is 13.6 Å². The maximum Gasteiger partial charge on any atom is 0.255 e. The molecule has 4 rings (SSSR count). The maximum absolute atomic E-state index is 12.9. The largest absolute Gasteiger partial charge is 0.344 e. The van der Waals surface area contributed by atoms with E-state index >= 15 is 0 Å². The number of nitrogens with one attached hydrogen (secondary N) is 1. The number of likely N-dealkylation sites (N-methyl/N-ethyl adjacent to an activating group) is 1. The Kier molecular flexibility index (Phi) is 3.81. The van der Waals surface area contributed by atoms with E-state index in [-0.39, 0.29) is 11.9 Å². The van der Waals surface area contributed by atoms with Crippen molar-refractivity contribution in [3.63, 3.8) is 0 Å². The molecule has 2 aromatic rings. The van der Waals surface area contributed by atoms with Crippen LogP contribution in [0.25, 0.3) is 0 Å². The van der Waals surface area contributed by atoms with Crippen molar-refractivity contribution in [3.05, 3.63) is 58.7 Å². The highest BCUT2D eigenvalue weighted by atomic mass is 16.1. The van der Waals surface area contributed by atoms with Gasteiger partial charge in [-0.2, -0.15) is 0 Å². The van der Waals surface area contributed by atoms with Gasteiger partial charge in [0, 0.05) is 25.2 Å². The third kappa shape index (κ3) is 2.91. The molecule has 2 heterocycles. The van der Waals surface area contributed by atoms with E-state index in [1.807, 2.05) is 13.0 Å². The predicted octanol–water partition coefficient (Wildman–Crippen LogP) is 2.58. The van der Waals surface area contributed by atoms with E-state index < -0.39 is 0 Å². The molecule has 1 aliphatic heterocycles. The summed E-state index contributed by atoms with van der Waals surface area (Å²) in [5.74, 6) is 1.09. The number of carbonyl (C=O) groups excluding carboxylic acids is 1. The van der Waals surface area contributed by atoms with Crippen LogP contribution in [0.3, 0.4) is 0 Å². The number of carbonyl (C=O) groups is 1. The number of rotatable bonds is 3. The smallest absolute Gasteiger partial charge is 0.255 e. The Labute approximate surface area is 142 Å². The molecule has 1 fully saturated rings. The average Bonchev–Trinajstić information content (AvgIpc) is 3.39. The fraction of sp³-hybridized carbons (Fsp3) is 0.421. The van der Waals surface area contributed by atoms with Crippen LogP contribution in [0, 0.1) is 6.92 Å². The van der Waals surface area contributed by atoms with Gasteiger partial charge in [-0.25, -0.2) is 9.97 Å². The fourth-order valence-electron chi connectivity index (χ4n) is 3.47. The van der Waals surface area contributed by atoms with Gasteiger partial charge in [0.05, 0.1) is 17.3 Å². The summed E-state index contributed by atoms with van der Waals surface area (Å²) in [5.41, 5.74) is 4.04. The molecule has 1 saturated carbocycles. The van der Waals surface area contributed by atoms with E-state index in [2.05, 4.69) is 45.4 Å². The van der Waals surface area contributed by atoms with Gasteiger partial charge in [-0.15, -0.1) is 0 Å². The van der Waals surface area contributed by atoms with Gasteiger partial charge < -0.3 is 5.32 Å². The summed E-state index contributed by atoms with van der Waals surface area (Å²) in [5, 5.41) is 3.20. The molecule has 2 aliphatic rings. The summed E-state index contributed by atoms with van der Waals surface area (Å²) >= 11 is 0. The lowest BCUT2D eigenvalue weighted by Crippen LogP contribution is -2.40. The highest BCUT2D eigenvalue weighted by molar-refractivity contribution is 5.95. The highest BCUT2D eigenvalue weighted by Crippen LogP contribution is 2.40.